The highest BCUT2D eigenvalue weighted by Gasteiger charge is 2.07. The fraction of sp³-hybridized carbons (Fsp3) is 0.250. The largest absolute Gasteiger partial charge is 0.395 e. The molecule has 76 valence electrons. The van der Waals surface area contributed by atoms with Crippen molar-refractivity contribution in [2.45, 2.75) is 0 Å². The first kappa shape index (κ1) is 11.2. The average molecular weight is 308 g/mol. The maximum absolute atomic E-state index is 10.4. The second kappa shape index (κ2) is 5.11. The number of nitro benzene ring substituents is 1. The zero-order valence-electron chi connectivity index (χ0n) is 7.24. The summed E-state index contributed by atoms with van der Waals surface area (Å²) in [6.45, 7) is 0.473. The van der Waals surface area contributed by atoms with E-state index in [0.29, 0.717) is 6.54 Å². The second-order valence-corrected chi connectivity index (χ2v) is 3.73. The monoisotopic (exact) mass is 308 g/mol. The summed E-state index contributed by atoms with van der Waals surface area (Å²) >= 11 is 2.01. The Morgan fingerprint density at radius 3 is 2.79 bits per heavy atom. The lowest BCUT2D eigenvalue weighted by molar-refractivity contribution is -0.384. The number of nitrogens with zero attached hydrogens (tertiary/aromatic N) is 1. The SMILES string of the molecule is O=[N+]([O-])c1ccc(NCCO)c(I)c1. The summed E-state index contributed by atoms with van der Waals surface area (Å²) in [5, 5.41) is 22.0. The van der Waals surface area contributed by atoms with Gasteiger partial charge in [0, 0.05) is 27.9 Å². The molecule has 0 aliphatic heterocycles. The van der Waals surface area contributed by atoms with Gasteiger partial charge in [0.25, 0.3) is 5.69 Å². The van der Waals surface area contributed by atoms with E-state index in [4.69, 9.17) is 5.11 Å². The van der Waals surface area contributed by atoms with E-state index >= 15 is 0 Å². The molecule has 1 aromatic rings. The van der Waals surface area contributed by atoms with Gasteiger partial charge in [-0.25, -0.2) is 0 Å². The van der Waals surface area contributed by atoms with Crippen molar-refractivity contribution in [3.05, 3.63) is 31.9 Å². The van der Waals surface area contributed by atoms with Gasteiger partial charge in [0.15, 0.2) is 0 Å². The van der Waals surface area contributed by atoms with Crippen molar-refractivity contribution in [2.24, 2.45) is 0 Å². The minimum Gasteiger partial charge on any atom is -0.395 e. The lowest BCUT2D eigenvalue weighted by Gasteiger charge is -2.05. The van der Waals surface area contributed by atoms with Gasteiger partial charge in [0.1, 0.15) is 0 Å². The van der Waals surface area contributed by atoms with Crippen LogP contribution >= 0.6 is 22.6 Å². The zero-order valence-corrected chi connectivity index (χ0v) is 9.39. The van der Waals surface area contributed by atoms with Gasteiger partial charge in [0.05, 0.1) is 11.5 Å². The Hall–Kier alpha value is -0.890. The molecule has 0 saturated carbocycles. The molecule has 0 aliphatic carbocycles. The van der Waals surface area contributed by atoms with Crippen molar-refractivity contribution in [1.82, 2.24) is 0 Å². The van der Waals surface area contributed by atoms with E-state index in [1.54, 1.807) is 6.07 Å². The first-order valence-electron chi connectivity index (χ1n) is 3.94. The van der Waals surface area contributed by atoms with E-state index in [-0.39, 0.29) is 12.3 Å². The molecule has 0 heterocycles. The van der Waals surface area contributed by atoms with Crippen LogP contribution in [0.2, 0.25) is 0 Å². The number of rotatable bonds is 4. The van der Waals surface area contributed by atoms with E-state index in [2.05, 4.69) is 5.32 Å². The fourth-order valence-electron chi connectivity index (χ4n) is 0.952. The average Bonchev–Trinajstić information content (AvgIpc) is 2.15. The minimum absolute atomic E-state index is 0.0348. The van der Waals surface area contributed by atoms with Gasteiger partial charge in [-0.3, -0.25) is 10.1 Å². The van der Waals surface area contributed by atoms with Crippen LogP contribution < -0.4 is 5.32 Å². The van der Waals surface area contributed by atoms with Crippen LogP contribution in [-0.2, 0) is 0 Å². The van der Waals surface area contributed by atoms with E-state index in [0.717, 1.165) is 9.26 Å². The van der Waals surface area contributed by atoms with Crippen LogP contribution in [0.4, 0.5) is 11.4 Å². The Balaban J connectivity index is 2.84. The van der Waals surface area contributed by atoms with Crippen molar-refractivity contribution in [3.63, 3.8) is 0 Å². The van der Waals surface area contributed by atoms with Crippen LogP contribution in [-0.4, -0.2) is 23.2 Å². The molecule has 1 aromatic carbocycles. The number of benzene rings is 1. The molecule has 2 N–H and O–H groups in total. The molecule has 0 bridgehead atoms. The second-order valence-electron chi connectivity index (χ2n) is 2.57. The van der Waals surface area contributed by atoms with Crippen molar-refractivity contribution in [1.29, 1.82) is 0 Å². The van der Waals surface area contributed by atoms with Gasteiger partial charge in [-0.15, -0.1) is 0 Å². The molecule has 0 fully saturated rings. The number of non-ortho nitro benzene ring substituents is 1. The molecular weight excluding hydrogens is 299 g/mol. The predicted molar refractivity (Wildman–Crippen MR) is 61.4 cm³/mol. The highest BCUT2D eigenvalue weighted by atomic mass is 127. The molecular formula is C8H9IN2O3. The summed E-state index contributed by atoms with van der Waals surface area (Å²) in [5.74, 6) is 0. The molecule has 14 heavy (non-hydrogen) atoms. The van der Waals surface area contributed by atoms with Gasteiger partial charge in [0.2, 0.25) is 0 Å². The van der Waals surface area contributed by atoms with Crippen LogP contribution in [0.3, 0.4) is 0 Å². The van der Waals surface area contributed by atoms with Gasteiger partial charge in [-0.1, -0.05) is 0 Å². The molecule has 0 unspecified atom stereocenters. The number of nitro groups is 1. The Bertz CT molecular complexity index is 343. The summed E-state index contributed by atoms with van der Waals surface area (Å²) in [4.78, 5) is 9.99. The van der Waals surface area contributed by atoms with E-state index < -0.39 is 4.92 Å². The van der Waals surface area contributed by atoms with Crippen molar-refractivity contribution in [2.75, 3.05) is 18.5 Å². The molecule has 0 aliphatic rings. The summed E-state index contributed by atoms with van der Waals surface area (Å²) in [6.07, 6.45) is 0. The third kappa shape index (κ3) is 2.81. The quantitative estimate of drug-likeness (QED) is 0.503. The number of aliphatic hydroxyl groups excluding tert-OH is 1. The summed E-state index contributed by atoms with van der Waals surface area (Å²) in [5.41, 5.74) is 0.870. The standard InChI is InChI=1S/C8H9IN2O3/c9-7-5-6(11(13)14)1-2-8(7)10-3-4-12/h1-2,5,10,12H,3-4H2. The van der Waals surface area contributed by atoms with Crippen LogP contribution in [0.15, 0.2) is 18.2 Å². The molecule has 0 spiro atoms. The number of hydrogen-bond donors (Lipinski definition) is 2. The van der Waals surface area contributed by atoms with Crippen molar-refractivity contribution in [3.8, 4) is 0 Å². The van der Waals surface area contributed by atoms with Crippen LogP contribution in [0.25, 0.3) is 0 Å². The Morgan fingerprint density at radius 1 is 1.57 bits per heavy atom. The molecule has 0 aromatic heterocycles. The summed E-state index contributed by atoms with van der Waals surface area (Å²) in [7, 11) is 0. The zero-order chi connectivity index (χ0) is 10.6. The lowest BCUT2D eigenvalue weighted by Crippen LogP contribution is -2.06. The fourth-order valence-corrected chi connectivity index (χ4v) is 1.64. The summed E-state index contributed by atoms with van der Waals surface area (Å²) < 4.78 is 0.769. The topological polar surface area (TPSA) is 75.4 Å². The lowest BCUT2D eigenvalue weighted by atomic mass is 10.3. The smallest absolute Gasteiger partial charge is 0.270 e. The third-order valence-electron chi connectivity index (χ3n) is 1.59. The molecule has 0 amide bonds. The molecule has 0 radical (unpaired) electrons. The third-order valence-corrected chi connectivity index (χ3v) is 2.48. The summed E-state index contributed by atoms with van der Waals surface area (Å²) in [6, 6.07) is 4.55. The van der Waals surface area contributed by atoms with Crippen molar-refractivity contribution >= 4 is 34.0 Å². The maximum Gasteiger partial charge on any atom is 0.270 e. The van der Waals surface area contributed by atoms with Gasteiger partial charge < -0.3 is 10.4 Å². The number of nitrogens with one attached hydrogen (secondary N) is 1. The first-order valence-corrected chi connectivity index (χ1v) is 5.01. The Morgan fingerprint density at radius 2 is 2.29 bits per heavy atom. The van der Waals surface area contributed by atoms with Gasteiger partial charge in [-0.05, 0) is 28.7 Å². The molecule has 0 saturated heterocycles. The first-order chi connectivity index (χ1) is 6.65. The predicted octanol–water partition coefficient (Wildman–Crippen LogP) is 1.60. The van der Waals surface area contributed by atoms with E-state index in [9.17, 15) is 10.1 Å². The van der Waals surface area contributed by atoms with Gasteiger partial charge >= 0.3 is 0 Å². The van der Waals surface area contributed by atoms with Gasteiger partial charge in [-0.2, -0.15) is 0 Å². The molecule has 5 nitrogen and oxygen atoms in total. The number of anilines is 1. The number of halogens is 1. The number of aliphatic hydroxyl groups is 1. The minimum atomic E-state index is -0.433. The van der Waals surface area contributed by atoms with Crippen molar-refractivity contribution < 1.29 is 10.0 Å². The maximum atomic E-state index is 10.4. The molecule has 6 heteroatoms. The van der Waals surface area contributed by atoms with Crippen LogP contribution in [0.5, 0.6) is 0 Å². The highest BCUT2D eigenvalue weighted by molar-refractivity contribution is 14.1. The Kier molecular flexibility index (Phi) is 4.08. The number of hydrogen-bond acceptors (Lipinski definition) is 4. The van der Waals surface area contributed by atoms with E-state index in [1.807, 2.05) is 22.6 Å². The van der Waals surface area contributed by atoms with E-state index in [1.165, 1.54) is 12.1 Å². The van der Waals surface area contributed by atoms with Crippen LogP contribution in [0.1, 0.15) is 0 Å². The molecule has 0 atom stereocenters. The van der Waals surface area contributed by atoms with Crippen LogP contribution in [0, 0.1) is 13.7 Å². The normalized spacial score (nSPS) is 9.86. The highest BCUT2D eigenvalue weighted by Crippen LogP contribution is 2.23. The molecule has 1 rings (SSSR count). The Labute approximate surface area is 94.4 Å².